The van der Waals surface area contributed by atoms with Crippen molar-refractivity contribution in [2.24, 2.45) is 0 Å². The van der Waals surface area contributed by atoms with Crippen molar-refractivity contribution in [3.05, 3.63) is 35.9 Å². The molecule has 0 saturated carbocycles. The molecule has 1 aromatic carbocycles. The van der Waals surface area contributed by atoms with E-state index in [0.717, 1.165) is 0 Å². The Hall–Kier alpha value is -1.93. The molecule has 1 aromatic rings. The fourth-order valence-electron chi connectivity index (χ4n) is 1.92. The molecule has 1 rings (SSSR count). The van der Waals surface area contributed by atoms with Crippen LogP contribution in [0.5, 0.6) is 0 Å². The minimum atomic E-state index is -4.51. The Morgan fingerprint density at radius 2 is 1.81 bits per heavy atom. The van der Waals surface area contributed by atoms with Crippen molar-refractivity contribution in [3.63, 3.8) is 0 Å². The van der Waals surface area contributed by atoms with Crippen LogP contribution in [0.2, 0.25) is 0 Å². The second-order valence-corrected chi connectivity index (χ2v) is 6.02. The van der Waals surface area contributed by atoms with Crippen LogP contribution < -0.4 is 5.32 Å². The fraction of sp³-hybridized carbons (Fsp3) is 0.385. The van der Waals surface area contributed by atoms with Crippen molar-refractivity contribution < 1.29 is 27.7 Å². The summed E-state index contributed by atoms with van der Waals surface area (Å²) >= 11 is 0. The topological polar surface area (TPSA) is 121 Å². The maximum atomic E-state index is 12.1. The molecule has 0 spiro atoms. The first-order valence-corrected chi connectivity index (χ1v) is 7.88. The molecule has 21 heavy (non-hydrogen) atoms. The van der Waals surface area contributed by atoms with E-state index in [1.807, 2.05) is 0 Å². The zero-order valence-corrected chi connectivity index (χ0v) is 12.2. The highest BCUT2D eigenvalue weighted by atomic mass is 32.2. The van der Waals surface area contributed by atoms with E-state index < -0.39 is 39.7 Å². The molecule has 0 aliphatic heterocycles. The average molecular weight is 315 g/mol. The molecule has 116 valence electrons. The van der Waals surface area contributed by atoms with Crippen molar-refractivity contribution >= 4 is 22.0 Å². The maximum absolute atomic E-state index is 12.1. The van der Waals surface area contributed by atoms with Gasteiger partial charge in [-0.15, -0.1) is 0 Å². The summed E-state index contributed by atoms with van der Waals surface area (Å²) in [6.45, 7) is 1.76. The average Bonchev–Trinajstić information content (AvgIpc) is 2.38. The largest absolute Gasteiger partial charge is 0.480 e. The Morgan fingerprint density at radius 3 is 2.24 bits per heavy atom. The summed E-state index contributed by atoms with van der Waals surface area (Å²) in [5.74, 6) is -3.78. The van der Waals surface area contributed by atoms with Crippen LogP contribution in [0.15, 0.2) is 30.3 Å². The van der Waals surface area contributed by atoms with E-state index in [4.69, 9.17) is 9.66 Å². The monoisotopic (exact) mass is 315 g/mol. The van der Waals surface area contributed by atoms with Gasteiger partial charge in [-0.3, -0.25) is 9.35 Å². The van der Waals surface area contributed by atoms with Gasteiger partial charge in [-0.05, 0) is 12.0 Å². The lowest BCUT2D eigenvalue weighted by atomic mass is 9.95. The number of carbonyl (C=O) groups is 2. The van der Waals surface area contributed by atoms with Gasteiger partial charge in [0.15, 0.2) is 0 Å². The molecule has 3 N–H and O–H groups in total. The van der Waals surface area contributed by atoms with Crippen LogP contribution in [-0.4, -0.2) is 41.7 Å². The van der Waals surface area contributed by atoms with Crippen LogP contribution in [-0.2, 0) is 19.7 Å². The normalized spacial score (nSPS) is 14.2. The minimum Gasteiger partial charge on any atom is -0.480 e. The first kappa shape index (κ1) is 17.1. The van der Waals surface area contributed by atoms with Crippen LogP contribution in [0.1, 0.15) is 24.8 Å². The van der Waals surface area contributed by atoms with E-state index >= 15 is 0 Å². The Labute approximate surface area is 122 Å². The summed E-state index contributed by atoms with van der Waals surface area (Å²) in [7, 11) is -4.51. The second kappa shape index (κ2) is 7.19. The number of hydrogen-bond acceptors (Lipinski definition) is 4. The second-order valence-electron chi connectivity index (χ2n) is 4.52. The Morgan fingerprint density at radius 1 is 1.24 bits per heavy atom. The van der Waals surface area contributed by atoms with E-state index in [2.05, 4.69) is 5.32 Å². The van der Waals surface area contributed by atoms with Crippen LogP contribution in [0, 0.1) is 0 Å². The van der Waals surface area contributed by atoms with Crippen molar-refractivity contribution in [1.82, 2.24) is 5.32 Å². The molecule has 1 amide bonds. The molecule has 0 bridgehead atoms. The van der Waals surface area contributed by atoms with Gasteiger partial charge in [0, 0.05) is 0 Å². The Bertz CT molecular complexity index is 598. The molecule has 2 unspecified atom stereocenters. The zero-order valence-electron chi connectivity index (χ0n) is 11.4. The number of benzene rings is 1. The summed E-state index contributed by atoms with van der Waals surface area (Å²) < 4.78 is 30.3. The van der Waals surface area contributed by atoms with Crippen LogP contribution in [0.3, 0.4) is 0 Å². The molecular weight excluding hydrogens is 298 g/mol. The van der Waals surface area contributed by atoms with E-state index in [1.54, 1.807) is 37.3 Å². The number of hydrogen-bond donors (Lipinski definition) is 3. The fourth-order valence-corrected chi connectivity index (χ4v) is 2.56. The van der Waals surface area contributed by atoms with Gasteiger partial charge in [-0.25, -0.2) is 4.79 Å². The number of amides is 1. The van der Waals surface area contributed by atoms with Gasteiger partial charge in [0.2, 0.25) is 5.91 Å². The Balaban J connectivity index is 2.87. The molecular formula is C13H17NO6S. The van der Waals surface area contributed by atoms with E-state index in [9.17, 15) is 18.0 Å². The predicted molar refractivity (Wildman–Crippen MR) is 75.5 cm³/mol. The van der Waals surface area contributed by atoms with Gasteiger partial charge in [-0.1, -0.05) is 37.3 Å². The summed E-state index contributed by atoms with van der Waals surface area (Å²) in [6, 6.07) is 7.05. The molecule has 0 aromatic heterocycles. The molecule has 0 aliphatic rings. The van der Waals surface area contributed by atoms with E-state index in [0.29, 0.717) is 12.0 Å². The third-order valence-electron chi connectivity index (χ3n) is 2.92. The molecule has 8 heteroatoms. The number of aliphatic carboxylic acids is 1. The molecule has 7 nitrogen and oxygen atoms in total. The van der Waals surface area contributed by atoms with Gasteiger partial charge >= 0.3 is 5.97 Å². The summed E-state index contributed by atoms with van der Waals surface area (Å²) in [5, 5.41) is 11.1. The molecule has 0 fully saturated rings. The lowest BCUT2D eigenvalue weighted by Crippen LogP contribution is -2.46. The number of carboxylic acid groups (broad SMARTS) is 1. The first-order chi connectivity index (χ1) is 9.74. The van der Waals surface area contributed by atoms with E-state index in [-0.39, 0.29) is 0 Å². The quantitative estimate of drug-likeness (QED) is 0.635. The SMILES string of the molecule is CCC(C(=O)NC(CS(=O)(=O)O)C(=O)O)c1ccccc1. The predicted octanol–water partition coefficient (Wildman–Crippen LogP) is 0.637. The smallest absolute Gasteiger partial charge is 0.327 e. The molecule has 0 heterocycles. The van der Waals surface area contributed by atoms with Crippen LogP contribution in [0.4, 0.5) is 0 Å². The van der Waals surface area contributed by atoms with E-state index in [1.165, 1.54) is 0 Å². The first-order valence-electron chi connectivity index (χ1n) is 6.28. The summed E-state index contributed by atoms with van der Waals surface area (Å²) in [5.41, 5.74) is 0.702. The lowest BCUT2D eigenvalue weighted by Gasteiger charge is -2.19. The summed E-state index contributed by atoms with van der Waals surface area (Å²) in [6.07, 6.45) is 0.425. The van der Waals surface area contributed by atoms with Crippen molar-refractivity contribution in [2.45, 2.75) is 25.3 Å². The third kappa shape index (κ3) is 5.52. The zero-order chi connectivity index (χ0) is 16.0. The lowest BCUT2D eigenvalue weighted by molar-refractivity contribution is -0.141. The van der Waals surface area contributed by atoms with Crippen LogP contribution >= 0.6 is 0 Å². The molecule has 0 radical (unpaired) electrons. The van der Waals surface area contributed by atoms with Crippen molar-refractivity contribution in [2.75, 3.05) is 5.75 Å². The molecule has 0 saturated heterocycles. The Kier molecular flexibility index (Phi) is 5.86. The van der Waals surface area contributed by atoms with Gasteiger partial charge < -0.3 is 10.4 Å². The highest BCUT2D eigenvalue weighted by Crippen LogP contribution is 2.19. The maximum Gasteiger partial charge on any atom is 0.327 e. The number of rotatable bonds is 7. The summed E-state index contributed by atoms with van der Waals surface area (Å²) in [4.78, 5) is 23.1. The van der Waals surface area contributed by atoms with Crippen molar-refractivity contribution in [3.8, 4) is 0 Å². The standard InChI is InChI=1S/C13H17NO6S/c1-2-10(9-6-4-3-5-7-9)12(15)14-11(13(16)17)8-21(18,19)20/h3-7,10-11H,2,8H2,1H3,(H,14,15)(H,16,17)(H,18,19,20). The number of carboxylic acids is 1. The van der Waals surface area contributed by atoms with Crippen molar-refractivity contribution in [1.29, 1.82) is 0 Å². The molecule has 0 aliphatic carbocycles. The number of nitrogens with one attached hydrogen (secondary N) is 1. The third-order valence-corrected chi connectivity index (χ3v) is 3.67. The highest BCUT2D eigenvalue weighted by molar-refractivity contribution is 7.85. The van der Waals surface area contributed by atoms with Gasteiger partial charge in [0.25, 0.3) is 10.1 Å². The number of carbonyl (C=O) groups excluding carboxylic acids is 1. The van der Waals surface area contributed by atoms with Crippen LogP contribution in [0.25, 0.3) is 0 Å². The minimum absolute atomic E-state index is 0.425. The van der Waals surface area contributed by atoms with Gasteiger partial charge in [0.1, 0.15) is 11.8 Å². The molecule has 2 atom stereocenters. The highest BCUT2D eigenvalue weighted by Gasteiger charge is 2.28. The van der Waals surface area contributed by atoms with Gasteiger partial charge in [0.05, 0.1) is 5.92 Å². The van der Waals surface area contributed by atoms with Gasteiger partial charge in [-0.2, -0.15) is 8.42 Å².